The summed E-state index contributed by atoms with van der Waals surface area (Å²) in [7, 11) is 0. The van der Waals surface area contributed by atoms with E-state index in [2.05, 4.69) is 19.9 Å². The second-order valence-electron chi connectivity index (χ2n) is 6.06. The Morgan fingerprint density at radius 2 is 2.00 bits per heavy atom. The minimum absolute atomic E-state index is 0.107. The van der Waals surface area contributed by atoms with Crippen molar-refractivity contribution in [3.8, 4) is 11.1 Å². The van der Waals surface area contributed by atoms with Crippen molar-refractivity contribution in [1.82, 2.24) is 24.3 Å². The molecule has 0 radical (unpaired) electrons. The van der Waals surface area contributed by atoms with E-state index in [4.69, 9.17) is 0 Å². The van der Waals surface area contributed by atoms with E-state index in [0.29, 0.717) is 27.9 Å². The topological polar surface area (TPSA) is 58.9 Å². The SMILES string of the molecule is Cc1cn2cc(-c3c[nH]c4nc(CCC(F)(F)F)ncc34)cc(F)c2n1. The summed E-state index contributed by atoms with van der Waals surface area (Å²) in [6, 6.07) is 1.36. The lowest BCUT2D eigenvalue weighted by Crippen LogP contribution is -2.10. The molecule has 0 saturated heterocycles. The zero-order valence-electron chi connectivity index (χ0n) is 13.6. The Morgan fingerprint density at radius 1 is 1.19 bits per heavy atom. The molecule has 0 aliphatic rings. The second kappa shape index (κ2) is 5.79. The smallest absolute Gasteiger partial charge is 0.345 e. The number of nitrogens with zero attached hydrogens (tertiary/aromatic N) is 4. The van der Waals surface area contributed by atoms with Crippen molar-refractivity contribution in [2.45, 2.75) is 25.9 Å². The van der Waals surface area contributed by atoms with Crippen molar-refractivity contribution in [3.63, 3.8) is 0 Å². The number of pyridine rings is 1. The van der Waals surface area contributed by atoms with Gasteiger partial charge in [0.15, 0.2) is 11.5 Å². The number of imidazole rings is 1. The number of fused-ring (bicyclic) bond motifs is 2. The standard InChI is InChI=1S/C17H13F4N5/c1-9-7-26-8-10(4-13(18)16(26)24-9)11-5-23-15-12(11)6-22-14(25-15)2-3-17(19,20)21/h4-8H,2-3H2,1H3,(H,22,23,25). The summed E-state index contributed by atoms with van der Waals surface area (Å²) in [5, 5.41) is 0.608. The van der Waals surface area contributed by atoms with Gasteiger partial charge in [0.1, 0.15) is 11.5 Å². The number of alkyl halides is 3. The molecular weight excluding hydrogens is 350 g/mol. The molecule has 26 heavy (non-hydrogen) atoms. The van der Waals surface area contributed by atoms with Crippen molar-refractivity contribution in [1.29, 1.82) is 0 Å². The van der Waals surface area contributed by atoms with E-state index >= 15 is 0 Å². The first-order valence-corrected chi connectivity index (χ1v) is 7.85. The Hall–Kier alpha value is -2.97. The molecule has 1 N–H and O–H groups in total. The van der Waals surface area contributed by atoms with Gasteiger partial charge in [0, 0.05) is 47.7 Å². The van der Waals surface area contributed by atoms with Gasteiger partial charge < -0.3 is 9.38 Å². The van der Waals surface area contributed by atoms with Crippen LogP contribution in [0.3, 0.4) is 0 Å². The molecule has 0 bridgehead atoms. The van der Waals surface area contributed by atoms with E-state index < -0.39 is 18.4 Å². The lowest BCUT2D eigenvalue weighted by atomic mass is 10.1. The van der Waals surface area contributed by atoms with Crippen LogP contribution in [0.1, 0.15) is 17.9 Å². The third-order valence-corrected chi connectivity index (χ3v) is 4.05. The van der Waals surface area contributed by atoms with E-state index in [-0.39, 0.29) is 17.9 Å². The number of aryl methyl sites for hydroxylation is 2. The monoisotopic (exact) mass is 363 g/mol. The van der Waals surface area contributed by atoms with Crippen molar-refractivity contribution >= 4 is 16.7 Å². The first kappa shape index (κ1) is 16.5. The number of aromatic amines is 1. The molecule has 0 atom stereocenters. The summed E-state index contributed by atoms with van der Waals surface area (Å²) < 4.78 is 52.9. The molecular formula is C17H13F4N5. The largest absolute Gasteiger partial charge is 0.389 e. The Morgan fingerprint density at radius 3 is 2.77 bits per heavy atom. The van der Waals surface area contributed by atoms with Gasteiger partial charge in [-0.15, -0.1) is 0 Å². The summed E-state index contributed by atoms with van der Waals surface area (Å²) in [6.45, 7) is 1.77. The van der Waals surface area contributed by atoms with Crippen LogP contribution in [0.25, 0.3) is 27.8 Å². The number of halogens is 4. The van der Waals surface area contributed by atoms with Crippen LogP contribution in [0.5, 0.6) is 0 Å². The fraction of sp³-hybridized carbons (Fsp3) is 0.235. The molecule has 0 aliphatic heterocycles. The molecule has 0 aliphatic carbocycles. The molecule has 4 rings (SSSR count). The van der Waals surface area contributed by atoms with E-state index in [1.54, 1.807) is 29.9 Å². The number of aromatic nitrogens is 5. The maximum Gasteiger partial charge on any atom is 0.389 e. The van der Waals surface area contributed by atoms with Gasteiger partial charge in [-0.25, -0.2) is 19.3 Å². The fourth-order valence-corrected chi connectivity index (χ4v) is 2.88. The summed E-state index contributed by atoms with van der Waals surface area (Å²) in [6.07, 6.45) is 1.02. The molecule has 9 heteroatoms. The molecule has 0 spiro atoms. The minimum Gasteiger partial charge on any atom is -0.345 e. The van der Waals surface area contributed by atoms with Gasteiger partial charge in [0.2, 0.25) is 0 Å². The zero-order chi connectivity index (χ0) is 18.5. The van der Waals surface area contributed by atoms with E-state index in [0.717, 1.165) is 0 Å². The Bertz CT molecular complexity index is 1110. The van der Waals surface area contributed by atoms with Crippen LogP contribution < -0.4 is 0 Å². The fourth-order valence-electron chi connectivity index (χ4n) is 2.88. The molecule has 0 aromatic carbocycles. The molecule has 5 nitrogen and oxygen atoms in total. The highest BCUT2D eigenvalue weighted by Crippen LogP contribution is 2.29. The molecule has 4 heterocycles. The quantitative estimate of drug-likeness (QED) is 0.555. The lowest BCUT2D eigenvalue weighted by Gasteiger charge is -2.05. The van der Waals surface area contributed by atoms with Crippen LogP contribution in [-0.4, -0.2) is 30.5 Å². The molecule has 0 fully saturated rings. The van der Waals surface area contributed by atoms with Crippen LogP contribution in [0.2, 0.25) is 0 Å². The normalized spacial score (nSPS) is 12.3. The van der Waals surface area contributed by atoms with Crippen molar-refractivity contribution in [3.05, 3.63) is 48.2 Å². The van der Waals surface area contributed by atoms with Crippen molar-refractivity contribution in [2.24, 2.45) is 0 Å². The average molecular weight is 363 g/mol. The van der Waals surface area contributed by atoms with Gasteiger partial charge in [-0.2, -0.15) is 13.2 Å². The van der Waals surface area contributed by atoms with E-state index in [1.807, 2.05) is 0 Å². The molecule has 0 saturated carbocycles. The van der Waals surface area contributed by atoms with Gasteiger partial charge in [-0.3, -0.25) is 0 Å². The Kier molecular flexibility index (Phi) is 3.67. The highest BCUT2D eigenvalue weighted by molar-refractivity contribution is 5.93. The predicted molar refractivity (Wildman–Crippen MR) is 87.1 cm³/mol. The Balaban J connectivity index is 1.73. The van der Waals surface area contributed by atoms with Crippen molar-refractivity contribution in [2.75, 3.05) is 0 Å². The number of hydrogen-bond donors (Lipinski definition) is 1. The van der Waals surface area contributed by atoms with Crippen LogP contribution in [0.15, 0.2) is 30.9 Å². The van der Waals surface area contributed by atoms with Gasteiger partial charge in [-0.05, 0) is 13.0 Å². The van der Waals surface area contributed by atoms with E-state index in [1.165, 1.54) is 12.3 Å². The minimum atomic E-state index is -4.25. The van der Waals surface area contributed by atoms with Crippen LogP contribution >= 0.6 is 0 Å². The molecule has 0 unspecified atom stereocenters. The van der Waals surface area contributed by atoms with Crippen LogP contribution in [0, 0.1) is 12.7 Å². The highest BCUT2D eigenvalue weighted by Gasteiger charge is 2.27. The first-order valence-electron chi connectivity index (χ1n) is 7.85. The van der Waals surface area contributed by atoms with Gasteiger partial charge in [0.25, 0.3) is 0 Å². The molecule has 134 valence electrons. The van der Waals surface area contributed by atoms with Crippen LogP contribution in [-0.2, 0) is 6.42 Å². The van der Waals surface area contributed by atoms with E-state index in [9.17, 15) is 17.6 Å². The summed E-state index contributed by atoms with van der Waals surface area (Å²) in [5.74, 6) is -0.359. The highest BCUT2D eigenvalue weighted by atomic mass is 19.4. The summed E-state index contributed by atoms with van der Waals surface area (Å²) >= 11 is 0. The van der Waals surface area contributed by atoms with Gasteiger partial charge in [-0.1, -0.05) is 0 Å². The number of rotatable bonds is 3. The lowest BCUT2D eigenvalue weighted by molar-refractivity contribution is -0.134. The number of hydrogen-bond acceptors (Lipinski definition) is 3. The third-order valence-electron chi connectivity index (χ3n) is 4.05. The van der Waals surface area contributed by atoms with Crippen LogP contribution in [0.4, 0.5) is 17.6 Å². The summed E-state index contributed by atoms with van der Waals surface area (Å²) in [4.78, 5) is 15.2. The van der Waals surface area contributed by atoms with Crippen molar-refractivity contribution < 1.29 is 17.6 Å². The maximum absolute atomic E-state index is 14.3. The average Bonchev–Trinajstić information content (AvgIpc) is 3.14. The second-order valence-corrected chi connectivity index (χ2v) is 6.06. The molecule has 0 amide bonds. The Labute approximate surface area is 144 Å². The zero-order valence-corrected chi connectivity index (χ0v) is 13.6. The van der Waals surface area contributed by atoms with Gasteiger partial charge in [0.05, 0.1) is 12.1 Å². The summed E-state index contributed by atoms with van der Waals surface area (Å²) in [5.41, 5.74) is 2.59. The molecule has 4 aromatic heterocycles. The number of nitrogens with one attached hydrogen (secondary N) is 1. The first-order chi connectivity index (χ1) is 12.3. The molecule has 4 aromatic rings. The predicted octanol–water partition coefficient (Wildman–Crippen LogP) is 4.22. The number of H-pyrrole nitrogens is 1. The third kappa shape index (κ3) is 3.00. The van der Waals surface area contributed by atoms with Gasteiger partial charge >= 0.3 is 6.18 Å². The maximum atomic E-state index is 14.3.